The van der Waals surface area contributed by atoms with Gasteiger partial charge in [-0.3, -0.25) is 27.3 Å². The van der Waals surface area contributed by atoms with Crippen molar-refractivity contribution >= 4 is 122 Å². The molecule has 82 heavy (non-hydrogen) atoms. The van der Waals surface area contributed by atoms with Crippen LogP contribution in [0.5, 0.6) is 17.2 Å². The number of rotatable bonds is 15. The second kappa shape index (κ2) is 20.9. The highest BCUT2D eigenvalue weighted by atomic mass is 32.2. The number of phenolic OH excluding ortho intramolecular Hbond substituents is 2. The molecule has 31 nitrogen and oxygen atoms in total. The summed E-state index contributed by atoms with van der Waals surface area (Å²) in [6, 6.07) is 10.9. The minimum absolute atomic E-state index is 0.0524. The molecule has 0 bridgehead atoms. The van der Waals surface area contributed by atoms with Crippen LogP contribution >= 0.6 is 0 Å². The van der Waals surface area contributed by atoms with Crippen LogP contribution in [-0.2, 0) is 60.7 Å². The van der Waals surface area contributed by atoms with Gasteiger partial charge in [0.25, 0.3) is 60.7 Å². The van der Waals surface area contributed by atoms with E-state index in [2.05, 4.69) is 40.9 Å². The topological polar surface area (TPSA) is 521 Å². The van der Waals surface area contributed by atoms with Crippen LogP contribution in [0.4, 0.5) is 39.8 Å². The summed E-state index contributed by atoms with van der Waals surface area (Å²) in [5.41, 5.74) is -0.508. The van der Waals surface area contributed by atoms with E-state index < -0.39 is 168 Å². The number of hydrogen-bond donors (Lipinski definition) is 10. The maximum Gasteiger partial charge on any atom is 0.297 e. The summed E-state index contributed by atoms with van der Waals surface area (Å²) in [6.45, 7) is 3.21. The monoisotopic (exact) mass is 1250 g/mol. The largest absolute Gasteiger partial charge is 0.505 e. The van der Waals surface area contributed by atoms with Gasteiger partial charge in [-0.25, -0.2) is 0 Å². The number of anilines is 1. The van der Waals surface area contributed by atoms with Crippen LogP contribution in [0.2, 0.25) is 0 Å². The second-order valence-electron chi connectivity index (χ2n) is 17.7. The minimum atomic E-state index is -5.71. The summed E-state index contributed by atoms with van der Waals surface area (Å²) in [4.78, 5) is -6.86. The van der Waals surface area contributed by atoms with E-state index in [4.69, 9.17) is 10.5 Å². The number of azo groups is 4. The molecule has 1 unspecified atom stereocenters. The van der Waals surface area contributed by atoms with Gasteiger partial charge in [-0.1, -0.05) is 25.1 Å². The molecule has 2 aliphatic rings. The van der Waals surface area contributed by atoms with E-state index >= 15 is 0 Å². The van der Waals surface area contributed by atoms with Gasteiger partial charge in [-0.05, 0) is 91.1 Å². The molecule has 2 aliphatic carbocycles. The fourth-order valence-corrected chi connectivity index (χ4v) is 12.7. The van der Waals surface area contributed by atoms with E-state index in [9.17, 15) is 93.1 Å². The molecule has 0 aromatic heterocycles. The van der Waals surface area contributed by atoms with Gasteiger partial charge < -0.3 is 25.8 Å². The molecular weight excluding hydrogens is 1210 g/mol. The number of aromatic hydroxyl groups is 2. The van der Waals surface area contributed by atoms with Crippen LogP contribution in [0.1, 0.15) is 20.3 Å². The van der Waals surface area contributed by atoms with Crippen LogP contribution in [-0.4, -0.2) is 100 Å². The molecule has 0 amide bonds. The van der Waals surface area contributed by atoms with E-state index in [1.165, 1.54) is 36.4 Å². The van der Waals surface area contributed by atoms with Crippen LogP contribution in [0.25, 0.3) is 21.5 Å². The molecule has 37 heteroatoms. The van der Waals surface area contributed by atoms with E-state index in [0.29, 0.717) is 29.8 Å². The Labute approximate surface area is 462 Å². The zero-order chi connectivity index (χ0) is 60.6. The predicted octanol–water partition coefficient (Wildman–Crippen LogP) is 9.12. The van der Waals surface area contributed by atoms with Crippen molar-refractivity contribution in [2.24, 2.45) is 46.3 Å². The summed E-state index contributed by atoms with van der Waals surface area (Å²) in [7, 11) is -31.0. The molecule has 1 atom stereocenters. The molecule has 0 saturated carbocycles. The summed E-state index contributed by atoms with van der Waals surface area (Å²) in [6.07, 6.45) is 4.19. The Morgan fingerprint density at radius 2 is 1.04 bits per heavy atom. The Kier molecular flexibility index (Phi) is 15.2. The summed E-state index contributed by atoms with van der Waals surface area (Å²) < 4.78 is 217. The molecule has 0 heterocycles. The summed E-state index contributed by atoms with van der Waals surface area (Å²) >= 11 is 0. The van der Waals surface area contributed by atoms with Gasteiger partial charge in [0.2, 0.25) is 0 Å². The number of benzene rings is 6. The second-order valence-corrected chi connectivity index (χ2v) is 26.0. The number of aliphatic hydroxyl groups is 1. The number of ether oxygens (including phenoxy) is 1. The molecule has 0 spiro atoms. The first-order valence-corrected chi connectivity index (χ1v) is 30.8. The first-order valence-electron chi connectivity index (χ1n) is 22.1. The smallest absolute Gasteiger partial charge is 0.297 e. The van der Waals surface area contributed by atoms with Gasteiger partial charge in [0.15, 0.2) is 11.5 Å². The van der Waals surface area contributed by atoms with Crippen molar-refractivity contribution in [2.75, 3.05) is 12.8 Å². The average Bonchev–Trinajstić information content (AvgIpc) is 3.52. The minimum Gasteiger partial charge on any atom is -0.505 e. The van der Waals surface area contributed by atoms with Crippen molar-refractivity contribution < 1.29 is 97.9 Å². The molecule has 0 aliphatic heterocycles. The van der Waals surface area contributed by atoms with Crippen LogP contribution in [0, 0.1) is 5.41 Å². The van der Waals surface area contributed by atoms with Gasteiger partial charge in [-0.2, -0.15) is 55.6 Å². The van der Waals surface area contributed by atoms with Crippen molar-refractivity contribution in [3.8, 4) is 17.2 Å². The predicted molar refractivity (Wildman–Crippen MR) is 284 cm³/mol. The standard InChI is InChI=1S/C45H37N9O22S6/c1-20-18-45(2)19-22(8-11-26(45)42(56)37(20)51-48-27-6-4-5-7-30(27)77(58,59)60)47-53-40-33(80(67,68)69)15-21-14-32(79(64,65)66)38(36(46)35(21)43(40)57)52-50-29-13-10-24-25(44(29)82(73,74)75)17-34(81(70,71)72)39(41(24)55)54-49-28-12-9-23(76-3)16-31(28)78(61,62)63/h4-17,19,55-57H,18,46H2,1-3H3,(H,58,59,60)(H,61,62,63)(H,64,65,66)(H,67,68,69)(H,70,71,72)(H,73,74,75). The quantitative estimate of drug-likeness (QED) is 0.0260. The van der Waals surface area contributed by atoms with Crippen LogP contribution < -0.4 is 10.5 Å². The third-order valence-electron chi connectivity index (χ3n) is 12.2. The van der Waals surface area contributed by atoms with Crippen molar-refractivity contribution in [2.45, 2.75) is 49.6 Å². The molecule has 11 N–H and O–H groups in total. The molecule has 6 aromatic carbocycles. The fraction of sp³-hybridized carbons (Fsp3) is 0.111. The molecule has 0 radical (unpaired) electrons. The highest BCUT2D eigenvalue weighted by molar-refractivity contribution is 7.87. The lowest BCUT2D eigenvalue weighted by molar-refractivity contribution is 0.372. The number of aliphatic hydroxyl groups excluding tert-OH is 1. The Morgan fingerprint density at radius 1 is 0.524 bits per heavy atom. The van der Waals surface area contributed by atoms with Gasteiger partial charge in [0.05, 0.1) is 23.9 Å². The zero-order valence-corrected chi connectivity index (χ0v) is 46.2. The van der Waals surface area contributed by atoms with Gasteiger partial charge in [0.1, 0.15) is 80.7 Å². The number of phenols is 2. The maximum atomic E-state index is 13.1. The van der Waals surface area contributed by atoms with Gasteiger partial charge in [-0.15, -0.1) is 35.8 Å². The van der Waals surface area contributed by atoms with Gasteiger partial charge >= 0.3 is 0 Å². The van der Waals surface area contributed by atoms with E-state index in [0.717, 1.165) is 37.4 Å². The lowest BCUT2D eigenvalue weighted by Crippen LogP contribution is -2.24. The first-order chi connectivity index (χ1) is 37.8. The summed E-state index contributed by atoms with van der Waals surface area (Å²) in [5.74, 6) is -3.05. The lowest BCUT2D eigenvalue weighted by Gasteiger charge is -2.35. The van der Waals surface area contributed by atoms with Crippen LogP contribution in [0.3, 0.4) is 0 Å². The Morgan fingerprint density at radius 3 is 1.63 bits per heavy atom. The highest BCUT2D eigenvalue weighted by Gasteiger charge is 2.38. The third kappa shape index (κ3) is 11.6. The average molecular weight is 1250 g/mol. The van der Waals surface area contributed by atoms with Gasteiger partial charge in [0, 0.05) is 27.8 Å². The Hall–Kier alpha value is -8.34. The number of methoxy groups -OCH3 is 1. The van der Waals surface area contributed by atoms with Crippen molar-refractivity contribution in [1.29, 1.82) is 0 Å². The van der Waals surface area contributed by atoms with Crippen molar-refractivity contribution in [1.82, 2.24) is 0 Å². The highest BCUT2D eigenvalue weighted by Crippen LogP contribution is 2.52. The molecule has 8 rings (SSSR count). The number of nitrogens with zero attached hydrogens (tertiary/aromatic N) is 8. The lowest BCUT2D eigenvalue weighted by atomic mass is 9.70. The summed E-state index contributed by atoms with van der Waals surface area (Å²) in [5, 5.41) is 61.7. The maximum absolute atomic E-state index is 13.1. The molecule has 0 fully saturated rings. The Balaban J connectivity index is 1.23. The first kappa shape index (κ1) is 59.8. The normalized spacial score (nSPS) is 16.9. The fourth-order valence-electron chi connectivity index (χ4n) is 8.68. The van der Waals surface area contributed by atoms with Crippen molar-refractivity contribution in [3.05, 3.63) is 119 Å². The zero-order valence-electron chi connectivity index (χ0n) is 41.3. The third-order valence-corrected chi connectivity index (χ3v) is 17.5. The molecular formula is C45H37N9O22S6. The van der Waals surface area contributed by atoms with E-state index in [1.807, 2.05) is 0 Å². The number of hydrogen-bond acceptors (Lipinski definition) is 25. The van der Waals surface area contributed by atoms with Crippen molar-refractivity contribution in [3.63, 3.8) is 0 Å². The SMILES string of the molecule is COc1ccc(N=Nc2c(S(=O)(=O)O)cc3c(S(=O)(=O)O)c(N=Nc4c(S(=O)(=O)O)cc5cc(S(=O)(=O)O)c(N=NC6=CC7(C)CC(C)=C(N=Nc8ccccc8S(=O)(=O)O)C(O)=C7C=C6)c(O)c5c4N)ccc3c2O)c(S(=O)(=O)O)c1. The van der Waals surface area contributed by atoms with Crippen LogP contribution in [0.15, 0.2) is 190 Å². The molecule has 6 aromatic rings. The number of fused-ring (bicyclic) bond motifs is 3. The van der Waals surface area contributed by atoms with E-state index in [-0.39, 0.29) is 34.8 Å². The molecule has 430 valence electrons. The number of nitrogens with two attached hydrogens (primary N) is 1. The Bertz CT molecular complexity index is 4830. The molecule has 0 saturated heterocycles. The number of allylic oxidation sites excluding steroid dienone is 5. The number of nitrogen functional groups attached to an aromatic ring is 1. The van der Waals surface area contributed by atoms with E-state index in [1.54, 1.807) is 13.8 Å².